The van der Waals surface area contributed by atoms with Crippen molar-refractivity contribution in [1.82, 2.24) is 9.80 Å². The smallest absolute Gasteiger partial charge is 0.238 e. The molecule has 2 saturated heterocycles. The van der Waals surface area contributed by atoms with Crippen molar-refractivity contribution >= 4 is 33.4 Å². The molecule has 0 aromatic heterocycles. The van der Waals surface area contributed by atoms with Crippen LogP contribution >= 0.6 is 0 Å². The van der Waals surface area contributed by atoms with Crippen molar-refractivity contribution in [2.75, 3.05) is 31.5 Å². The van der Waals surface area contributed by atoms with E-state index in [1.807, 2.05) is 30.6 Å². The van der Waals surface area contributed by atoms with Gasteiger partial charge in [-0.2, -0.15) is 0 Å². The predicted molar refractivity (Wildman–Crippen MR) is 125 cm³/mol. The van der Waals surface area contributed by atoms with Gasteiger partial charge >= 0.3 is 0 Å². The molecule has 182 valence electrons. The van der Waals surface area contributed by atoms with E-state index in [1.54, 1.807) is 0 Å². The van der Waals surface area contributed by atoms with Gasteiger partial charge < -0.3 is 15.1 Å². The zero-order chi connectivity index (χ0) is 24.4. The average Bonchev–Trinajstić information content (AvgIpc) is 2.77. The van der Waals surface area contributed by atoms with E-state index in [1.165, 1.54) is 24.3 Å². The summed E-state index contributed by atoms with van der Waals surface area (Å²) in [5.74, 6) is -0.415. The van der Waals surface area contributed by atoms with Crippen molar-refractivity contribution in [2.45, 2.75) is 51.3 Å². The van der Waals surface area contributed by atoms with E-state index in [0.717, 1.165) is 12.8 Å². The lowest BCUT2D eigenvalue weighted by Crippen LogP contribution is -2.51. The number of nitrogens with one attached hydrogen (secondary N) is 1. The molecule has 1 unspecified atom stereocenters. The molecule has 10 heteroatoms. The average molecular weight is 479 g/mol. The Morgan fingerprint density at radius 1 is 0.939 bits per heavy atom. The Labute approximate surface area is 195 Å². The molecule has 2 fully saturated rings. The van der Waals surface area contributed by atoms with Gasteiger partial charge in [0.1, 0.15) is 0 Å². The maximum Gasteiger partial charge on any atom is 0.238 e. The van der Waals surface area contributed by atoms with Gasteiger partial charge in [-0.25, -0.2) is 13.6 Å². The number of amides is 3. The summed E-state index contributed by atoms with van der Waals surface area (Å²) in [5.41, 5.74) is 0.0342. The van der Waals surface area contributed by atoms with Gasteiger partial charge in [-0.05, 0) is 49.9 Å². The van der Waals surface area contributed by atoms with Gasteiger partial charge in [-0.15, -0.1) is 0 Å². The molecule has 0 bridgehead atoms. The third kappa shape index (κ3) is 6.32. The first-order valence-corrected chi connectivity index (χ1v) is 12.9. The molecule has 0 spiro atoms. The normalized spacial score (nSPS) is 20.4. The standard InChI is InChI=1S/C23H34N4O5S/c1-23(2,3)22(30)27-12-4-5-17(15-27)21(29)26-13-10-16(11-14-26)20(28)25-18-6-8-19(9-7-18)33(24,31)32/h6-9,16-17H,4-5,10-15H2,1-3H3,(H,25,28)(H2,24,31,32). The van der Waals surface area contributed by atoms with Crippen molar-refractivity contribution in [3.8, 4) is 0 Å². The molecule has 1 aromatic carbocycles. The van der Waals surface area contributed by atoms with E-state index in [9.17, 15) is 22.8 Å². The van der Waals surface area contributed by atoms with Gasteiger partial charge in [0.15, 0.2) is 0 Å². The molecule has 3 rings (SSSR count). The quantitative estimate of drug-likeness (QED) is 0.681. The number of primary sulfonamides is 1. The first kappa shape index (κ1) is 25.2. The second-order valence-corrected chi connectivity index (χ2v) is 11.6. The number of nitrogens with two attached hydrogens (primary N) is 1. The number of rotatable bonds is 4. The fourth-order valence-corrected chi connectivity index (χ4v) is 4.95. The highest BCUT2D eigenvalue weighted by Crippen LogP contribution is 2.27. The summed E-state index contributed by atoms with van der Waals surface area (Å²) >= 11 is 0. The van der Waals surface area contributed by atoms with E-state index < -0.39 is 15.4 Å². The number of carbonyl (C=O) groups excluding carboxylic acids is 3. The number of anilines is 1. The minimum atomic E-state index is -3.78. The fourth-order valence-electron chi connectivity index (χ4n) is 4.43. The van der Waals surface area contributed by atoms with Gasteiger partial charge in [-0.1, -0.05) is 20.8 Å². The van der Waals surface area contributed by atoms with E-state index in [-0.39, 0.29) is 34.5 Å². The molecule has 3 N–H and O–H groups in total. The minimum Gasteiger partial charge on any atom is -0.342 e. The molecule has 0 saturated carbocycles. The van der Waals surface area contributed by atoms with Crippen LogP contribution in [0.1, 0.15) is 46.5 Å². The largest absolute Gasteiger partial charge is 0.342 e. The van der Waals surface area contributed by atoms with Crippen LogP contribution in [0.2, 0.25) is 0 Å². The van der Waals surface area contributed by atoms with Crippen LogP contribution in [0, 0.1) is 17.3 Å². The molecule has 0 radical (unpaired) electrons. The molecular formula is C23H34N4O5S. The monoisotopic (exact) mass is 478 g/mol. The number of hydrogen-bond donors (Lipinski definition) is 2. The fraction of sp³-hybridized carbons (Fsp3) is 0.609. The van der Waals surface area contributed by atoms with Gasteiger partial charge in [0, 0.05) is 43.2 Å². The van der Waals surface area contributed by atoms with Crippen molar-refractivity contribution in [2.24, 2.45) is 22.4 Å². The maximum atomic E-state index is 13.1. The van der Waals surface area contributed by atoms with Crippen molar-refractivity contribution in [3.05, 3.63) is 24.3 Å². The van der Waals surface area contributed by atoms with Gasteiger partial charge in [0.25, 0.3) is 0 Å². The first-order valence-electron chi connectivity index (χ1n) is 11.4. The predicted octanol–water partition coefficient (Wildman–Crippen LogP) is 1.80. The van der Waals surface area contributed by atoms with Gasteiger partial charge in [-0.3, -0.25) is 14.4 Å². The zero-order valence-electron chi connectivity index (χ0n) is 19.5. The Hall–Kier alpha value is -2.46. The number of piperidine rings is 2. The Morgan fingerprint density at radius 3 is 2.09 bits per heavy atom. The van der Waals surface area contributed by atoms with Crippen LogP contribution in [0.4, 0.5) is 5.69 Å². The Balaban J connectivity index is 1.51. The summed E-state index contributed by atoms with van der Waals surface area (Å²) in [6, 6.07) is 5.71. The van der Waals surface area contributed by atoms with Gasteiger partial charge in [0.2, 0.25) is 27.7 Å². The third-order valence-electron chi connectivity index (χ3n) is 6.33. The summed E-state index contributed by atoms with van der Waals surface area (Å²) in [6.45, 7) is 7.85. The van der Waals surface area contributed by atoms with Crippen molar-refractivity contribution in [1.29, 1.82) is 0 Å². The Kier molecular flexibility index (Phi) is 7.48. The molecule has 33 heavy (non-hydrogen) atoms. The molecular weight excluding hydrogens is 444 g/mol. The van der Waals surface area contributed by atoms with E-state index in [2.05, 4.69) is 5.32 Å². The number of carbonyl (C=O) groups is 3. The van der Waals surface area contributed by atoms with E-state index in [4.69, 9.17) is 5.14 Å². The summed E-state index contributed by atoms with van der Waals surface area (Å²) in [4.78, 5) is 42.0. The van der Waals surface area contributed by atoms with Crippen LogP contribution in [0.25, 0.3) is 0 Å². The van der Waals surface area contributed by atoms with Crippen LogP contribution in [0.15, 0.2) is 29.2 Å². The van der Waals surface area contributed by atoms with E-state index in [0.29, 0.717) is 44.7 Å². The highest BCUT2D eigenvalue weighted by Gasteiger charge is 2.36. The second-order valence-electron chi connectivity index (χ2n) is 10.00. The minimum absolute atomic E-state index is 0.0159. The number of nitrogens with zero attached hydrogens (tertiary/aromatic N) is 2. The number of likely N-dealkylation sites (tertiary alicyclic amines) is 2. The molecule has 9 nitrogen and oxygen atoms in total. The molecule has 1 atom stereocenters. The number of benzene rings is 1. The molecule has 2 heterocycles. The van der Waals surface area contributed by atoms with Gasteiger partial charge in [0.05, 0.1) is 10.8 Å². The summed E-state index contributed by atoms with van der Waals surface area (Å²) in [7, 11) is -3.78. The van der Waals surface area contributed by atoms with Crippen LogP contribution < -0.4 is 10.5 Å². The molecule has 0 aliphatic carbocycles. The van der Waals surface area contributed by atoms with Crippen LogP contribution in [0.3, 0.4) is 0 Å². The van der Waals surface area contributed by atoms with Crippen LogP contribution in [-0.4, -0.2) is 62.1 Å². The van der Waals surface area contributed by atoms with E-state index >= 15 is 0 Å². The molecule has 1 aromatic rings. The van der Waals surface area contributed by atoms with Crippen LogP contribution in [0.5, 0.6) is 0 Å². The topological polar surface area (TPSA) is 130 Å². The summed E-state index contributed by atoms with van der Waals surface area (Å²) < 4.78 is 22.7. The van der Waals surface area contributed by atoms with Crippen molar-refractivity contribution in [3.63, 3.8) is 0 Å². The molecule has 3 amide bonds. The first-order chi connectivity index (χ1) is 15.4. The summed E-state index contributed by atoms with van der Waals surface area (Å²) in [5, 5.41) is 7.90. The summed E-state index contributed by atoms with van der Waals surface area (Å²) in [6.07, 6.45) is 2.72. The third-order valence-corrected chi connectivity index (χ3v) is 7.26. The molecule has 2 aliphatic heterocycles. The lowest BCUT2D eigenvalue weighted by molar-refractivity contribution is -0.146. The lowest BCUT2D eigenvalue weighted by Gasteiger charge is -2.39. The number of sulfonamides is 1. The van der Waals surface area contributed by atoms with Crippen molar-refractivity contribution < 1.29 is 22.8 Å². The Morgan fingerprint density at radius 2 is 1.55 bits per heavy atom. The highest BCUT2D eigenvalue weighted by atomic mass is 32.2. The highest BCUT2D eigenvalue weighted by molar-refractivity contribution is 7.89. The Bertz CT molecular complexity index is 993. The zero-order valence-corrected chi connectivity index (χ0v) is 20.4. The molecule has 2 aliphatic rings. The second kappa shape index (κ2) is 9.80. The lowest BCUT2D eigenvalue weighted by atomic mass is 9.89. The maximum absolute atomic E-state index is 13.1. The number of hydrogen-bond acceptors (Lipinski definition) is 5. The SMILES string of the molecule is CC(C)(C)C(=O)N1CCCC(C(=O)N2CCC(C(=O)Nc3ccc(S(N)(=O)=O)cc3)CC2)C1. The van der Waals surface area contributed by atoms with Crippen LogP contribution in [-0.2, 0) is 24.4 Å².